The number of nitrogens with zero attached hydrogens (tertiary/aromatic N) is 8. The Kier molecular flexibility index (Phi) is 4.57. The number of nitrogens with one attached hydrogen (secondary N) is 1. The van der Waals surface area contributed by atoms with Crippen LogP contribution >= 0.6 is 0 Å². The Morgan fingerprint density at radius 3 is 2.90 bits per heavy atom. The van der Waals surface area contributed by atoms with E-state index in [0.29, 0.717) is 53.7 Å². The molecule has 0 spiro atoms. The van der Waals surface area contributed by atoms with E-state index in [1.54, 1.807) is 48.5 Å². The lowest BCUT2D eigenvalue weighted by Crippen LogP contribution is -2.21. The van der Waals surface area contributed by atoms with E-state index >= 15 is 0 Å². The molecule has 0 aliphatic carbocycles. The van der Waals surface area contributed by atoms with Gasteiger partial charge in [-0.2, -0.15) is 10.1 Å². The molecule has 11 heteroatoms. The molecule has 5 rings (SSSR count). The van der Waals surface area contributed by atoms with Gasteiger partial charge in [-0.1, -0.05) is 0 Å². The molecule has 31 heavy (non-hydrogen) atoms. The van der Waals surface area contributed by atoms with E-state index in [-0.39, 0.29) is 5.91 Å². The molecule has 1 unspecified atom stereocenters. The number of hydrogen-bond acceptors (Lipinski definition) is 7. The molecule has 0 radical (unpaired) electrons. The van der Waals surface area contributed by atoms with Crippen LogP contribution < -0.4 is 10.2 Å². The average Bonchev–Trinajstić information content (AvgIpc) is 3.45. The Balaban J connectivity index is 1.41. The summed E-state index contributed by atoms with van der Waals surface area (Å²) in [5.41, 5.74) is 3.41. The first-order valence-electron chi connectivity index (χ1n) is 9.86. The van der Waals surface area contributed by atoms with Gasteiger partial charge in [0.25, 0.3) is 5.91 Å². The molecule has 4 aromatic heterocycles. The Bertz CT molecular complexity index is 1280. The molecular weight excluding hydrogens is 401 g/mol. The highest BCUT2D eigenvalue weighted by molar-refractivity contribution is 6.07. The molecule has 4 aromatic rings. The van der Waals surface area contributed by atoms with Crippen molar-refractivity contribution in [1.29, 1.82) is 0 Å². The van der Waals surface area contributed by atoms with Gasteiger partial charge in [0.05, 0.1) is 35.9 Å². The van der Waals surface area contributed by atoms with Crippen LogP contribution in [0.25, 0.3) is 16.9 Å². The molecule has 1 atom stereocenters. The number of anilines is 2. The topological polar surface area (TPSA) is 106 Å². The summed E-state index contributed by atoms with van der Waals surface area (Å²) in [6.07, 6.45) is 6.19. The minimum absolute atomic E-state index is 0.297. The molecule has 158 valence electrons. The van der Waals surface area contributed by atoms with Crippen LogP contribution in [0.2, 0.25) is 0 Å². The second-order valence-corrected chi connectivity index (χ2v) is 7.49. The zero-order chi connectivity index (χ0) is 21.5. The largest absolute Gasteiger partial charge is 0.336 e. The molecule has 1 aliphatic rings. The van der Waals surface area contributed by atoms with Gasteiger partial charge in [-0.25, -0.2) is 13.9 Å². The van der Waals surface area contributed by atoms with Crippen molar-refractivity contribution >= 4 is 23.2 Å². The highest BCUT2D eigenvalue weighted by atomic mass is 19.1. The summed E-state index contributed by atoms with van der Waals surface area (Å²) in [5, 5.41) is 11.5. The maximum absolute atomic E-state index is 13.5. The fourth-order valence-corrected chi connectivity index (χ4v) is 3.66. The number of rotatable bonds is 4. The Morgan fingerprint density at radius 2 is 2.13 bits per heavy atom. The molecule has 1 aliphatic heterocycles. The first-order valence-corrected chi connectivity index (χ1v) is 9.86. The summed E-state index contributed by atoms with van der Waals surface area (Å²) in [4.78, 5) is 27.9. The fourth-order valence-electron chi connectivity index (χ4n) is 3.66. The molecule has 1 N–H and O–H groups in total. The van der Waals surface area contributed by atoms with Gasteiger partial charge >= 0.3 is 0 Å². The highest BCUT2D eigenvalue weighted by Gasteiger charge is 2.25. The van der Waals surface area contributed by atoms with Crippen molar-refractivity contribution in [2.75, 3.05) is 23.3 Å². The van der Waals surface area contributed by atoms with E-state index in [9.17, 15) is 9.18 Å². The summed E-state index contributed by atoms with van der Waals surface area (Å²) >= 11 is 0. The third-order valence-corrected chi connectivity index (χ3v) is 5.18. The van der Waals surface area contributed by atoms with Crippen LogP contribution in [-0.4, -0.2) is 59.5 Å². The first kappa shape index (κ1) is 19.1. The molecule has 1 amide bonds. The van der Waals surface area contributed by atoms with Crippen molar-refractivity contribution in [2.45, 2.75) is 19.5 Å². The fraction of sp³-hybridized carbons (Fsp3) is 0.300. The Labute approximate surface area is 176 Å². The first-order chi connectivity index (χ1) is 15.0. The summed E-state index contributed by atoms with van der Waals surface area (Å²) in [7, 11) is 1.70. The van der Waals surface area contributed by atoms with Crippen LogP contribution in [-0.2, 0) is 7.05 Å². The van der Waals surface area contributed by atoms with Crippen LogP contribution in [0.3, 0.4) is 0 Å². The molecule has 1 saturated heterocycles. The molecule has 0 aromatic carbocycles. The van der Waals surface area contributed by atoms with Gasteiger partial charge in [-0.3, -0.25) is 14.5 Å². The van der Waals surface area contributed by atoms with Crippen molar-refractivity contribution in [3.63, 3.8) is 0 Å². The molecule has 5 heterocycles. The Morgan fingerprint density at radius 1 is 1.26 bits per heavy atom. The summed E-state index contributed by atoms with van der Waals surface area (Å²) in [6, 6.07) is 3.45. The van der Waals surface area contributed by atoms with E-state index in [1.165, 1.54) is 4.68 Å². The second kappa shape index (κ2) is 7.42. The van der Waals surface area contributed by atoms with E-state index < -0.39 is 6.17 Å². The second-order valence-electron chi connectivity index (χ2n) is 7.49. The minimum Gasteiger partial charge on any atom is -0.336 e. The molecule has 1 fully saturated rings. The van der Waals surface area contributed by atoms with E-state index in [0.717, 1.165) is 5.69 Å². The predicted molar refractivity (Wildman–Crippen MR) is 112 cm³/mol. The maximum Gasteiger partial charge on any atom is 0.274 e. The van der Waals surface area contributed by atoms with Gasteiger partial charge in [0.2, 0.25) is 5.95 Å². The summed E-state index contributed by atoms with van der Waals surface area (Å²) in [5.74, 6) is 0.151. The third-order valence-electron chi connectivity index (χ3n) is 5.18. The lowest BCUT2D eigenvalue weighted by Gasteiger charge is -2.10. The number of alkyl halides is 1. The van der Waals surface area contributed by atoms with Crippen LogP contribution in [0.15, 0.2) is 36.9 Å². The maximum atomic E-state index is 13.5. The zero-order valence-corrected chi connectivity index (χ0v) is 17.0. The van der Waals surface area contributed by atoms with Crippen LogP contribution in [0.5, 0.6) is 0 Å². The number of amides is 1. The van der Waals surface area contributed by atoms with Gasteiger partial charge in [-0.15, -0.1) is 5.10 Å². The monoisotopic (exact) mass is 421 g/mol. The Hall–Kier alpha value is -3.89. The summed E-state index contributed by atoms with van der Waals surface area (Å²) < 4.78 is 16.6. The normalized spacial score (nSPS) is 16.2. The van der Waals surface area contributed by atoms with Crippen LogP contribution in [0, 0.1) is 6.92 Å². The number of carbonyl (C=O) groups is 1. The van der Waals surface area contributed by atoms with E-state index in [4.69, 9.17) is 0 Å². The van der Waals surface area contributed by atoms with Crippen LogP contribution in [0.4, 0.5) is 16.0 Å². The van der Waals surface area contributed by atoms with Gasteiger partial charge < -0.3 is 10.2 Å². The minimum atomic E-state index is -0.854. The lowest BCUT2D eigenvalue weighted by molar-refractivity contribution is 0.101. The zero-order valence-electron chi connectivity index (χ0n) is 17.0. The van der Waals surface area contributed by atoms with Crippen LogP contribution in [0.1, 0.15) is 22.6 Å². The standard InChI is InChI=1S/C20H20FN9O/c1-12-8-22-10-16(24-12)15-9-23-28(2)18(15)19(31)25-14-4-6-30-17(7-14)26-20(27-30)29-5-3-13(21)11-29/h4,6-10,13H,3,5,11H2,1-2H3,(H,25,31). The number of carbonyl (C=O) groups excluding carboxylic acids is 1. The average molecular weight is 421 g/mol. The highest BCUT2D eigenvalue weighted by Crippen LogP contribution is 2.23. The number of pyridine rings is 1. The van der Waals surface area contributed by atoms with Crippen molar-refractivity contribution < 1.29 is 9.18 Å². The number of fused-ring (bicyclic) bond motifs is 1. The lowest BCUT2D eigenvalue weighted by atomic mass is 10.1. The van der Waals surface area contributed by atoms with Crippen molar-refractivity contribution in [3.05, 3.63) is 48.3 Å². The molecule has 0 saturated carbocycles. The van der Waals surface area contributed by atoms with Crippen molar-refractivity contribution in [1.82, 2.24) is 34.3 Å². The number of hydrogen-bond donors (Lipinski definition) is 1. The quantitative estimate of drug-likeness (QED) is 0.537. The number of aromatic nitrogens is 7. The van der Waals surface area contributed by atoms with Crippen molar-refractivity contribution in [3.8, 4) is 11.3 Å². The van der Waals surface area contributed by atoms with E-state index in [2.05, 4.69) is 30.5 Å². The molecule has 0 bridgehead atoms. The summed E-state index contributed by atoms with van der Waals surface area (Å²) in [6.45, 7) is 2.73. The SMILES string of the molecule is Cc1cncc(-c2cnn(C)c2C(=O)Nc2ccn3nc(N4CCC(F)C4)nc3c2)n1. The predicted octanol–water partition coefficient (Wildman–Crippen LogP) is 2.03. The van der Waals surface area contributed by atoms with Gasteiger partial charge in [0.15, 0.2) is 5.65 Å². The van der Waals surface area contributed by atoms with Crippen molar-refractivity contribution in [2.24, 2.45) is 7.05 Å². The van der Waals surface area contributed by atoms with Gasteiger partial charge in [-0.05, 0) is 19.4 Å². The van der Waals surface area contributed by atoms with E-state index in [1.807, 2.05) is 11.8 Å². The third kappa shape index (κ3) is 3.58. The van der Waals surface area contributed by atoms with Gasteiger partial charge in [0.1, 0.15) is 11.9 Å². The smallest absolute Gasteiger partial charge is 0.274 e. The molecular formula is C20H20FN9O. The van der Waals surface area contributed by atoms with Gasteiger partial charge in [0, 0.05) is 37.7 Å². The molecule has 10 nitrogen and oxygen atoms in total. The number of aryl methyl sites for hydroxylation is 2. The number of halogens is 1.